The van der Waals surface area contributed by atoms with Crippen molar-refractivity contribution in [2.45, 2.75) is 104 Å². The number of rotatable bonds is 7. The van der Waals surface area contributed by atoms with Gasteiger partial charge in [0.25, 0.3) is 0 Å². The normalized spacial score (nSPS) is 25.7. The highest BCUT2D eigenvalue weighted by Gasteiger charge is 2.50. The zero-order chi connectivity index (χ0) is 27.0. The van der Waals surface area contributed by atoms with E-state index in [9.17, 15) is 0 Å². The Morgan fingerprint density at radius 3 is 2.24 bits per heavy atom. The van der Waals surface area contributed by atoms with Crippen LogP contribution in [0.25, 0.3) is 0 Å². The van der Waals surface area contributed by atoms with Crippen LogP contribution in [0.3, 0.4) is 0 Å². The lowest BCUT2D eigenvalue weighted by molar-refractivity contribution is 0.0706. The molecule has 0 saturated heterocycles. The van der Waals surface area contributed by atoms with E-state index in [0.29, 0.717) is 42.3 Å². The maximum atomic E-state index is 15.5. The van der Waals surface area contributed by atoms with E-state index in [-0.39, 0.29) is 40.4 Å². The molecule has 2 fully saturated rings. The molecule has 2 nitrogen and oxygen atoms in total. The zero-order valence-electron chi connectivity index (χ0n) is 24.0. The lowest BCUT2D eigenvalue weighted by atomic mass is 9.70. The highest BCUT2D eigenvalue weighted by atomic mass is 19.1. The van der Waals surface area contributed by atoms with Crippen molar-refractivity contribution in [3.63, 3.8) is 0 Å². The summed E-state index contributed by atoms with van der Waals surface area (Å²) in [5.74, 6) is 2.04. The SMILES string of the molecule is CC(C)(C)[C@@H]1CCc2cc(F)c(OC(C3CC3)C3Cc4c(ccc(F)c4OCC4CC4)[C@H]3C(C)(C)C)cc21. The highest BCUT2D eigenvalue weighted by molar-refractivity contribution is 5.49. The van der Waals surface area contributed by atoms with Gasteiger partial charge in [-0.25, -0.2) is 8.78 Å². The molecule has 0 bridgehead atoms. The number of benzene rings is 2. The molecule has 4 atom stereocenters. The second-order valence-electron chi connectivity index (χ2n) is 14.8. The van der Waals surface area contributed by atoms with E-state index in [2.05, 4.69) is 41.5 Å². The highest BCUT2D eigenvalue weighted by Crippen LogP contribution is 2.56. The van der Waals surface area contributed by atoms with Crippen molar-refractivity contribution in [1.82, 2.24) is 0 Å². The molecule has 0 heterocycles. The van der Waals surface area contributed by atoms with E-state index in [1.807, 2.05) is 12.1 Å². The van der Waals surface area contributed by atoms with Gasteiger partial charge in [0.1, 0.15) is 6.10 Å². The molecule has 0 amide bonds. The monoisotopic (exact) mass is 522 g/mol. The number of hydrogen-bond acceptors (Lipinski definition) is 2. The van der Waals surface area contributed by atoms with Gasteiger partial charge in [0.15, 0.2) is 23.1 Å². The van der Waals surface area contributed by atoms with Crippen molar-refractivity contribution in [3.8, 4) is 11.5 Å². The first-order valence-electron chi connectivity index (χ1n) is 14.8. The summed E-state index contributed by atoms with van der Waals surface area (Å²) in [5.41, 5.74) is 4.65. The van der Waals surface area contributed by atoms with Crippen molar-refractivity contribution in [2.75, 3.05) is 6.61 Å². The summed E-state index contributed by atoms with van der Waals surface area (Å²) >= 11 is 0. The number of fused-ring (bicyclic) bond motifs is 2. The van der Waals surface area contributed by atoms with Crippen molar-refractivity contribution >= 4 is 0 Å². The Balaban J connectivity index is 1.35. The van der Waals surface area contributed by atoms with Gasteiger partial charge >= 0.3 is 0 Å². The Hall–Kier alpha value is -2.10. The molecule has 38 heavy (non-hydrogen) atoms. The fraction of sp³-hybridized carbons (Fsp3) is 0.647. The molecular weight excluding hydrogens is 478 g/mol. The maximum Gasteiger partial charge on any atom is 0.165 e. The number of ether oxygens (including phenoxy) is 2. The molecule has 4 heteroatoms. The lowest BCUT2D eigenvalue weighted by Gasteiger charge is -2.37. The predicted molar refractivity (Wildman–Crippen MR) is 148 cm³/mol. The molecular formula is C34H44F2O2. The molecule has 4 aliphatic carbocycles. The first kappa shape index (κ1) is 26.1. The van der Waals surface area contributed by atoms with Crippen LogP contribution in [0.15, 0.2) is 24.3 Å². The second kappa shape index (κ2) is 9.24. The van der Waals surface area contributed by atoms with Crippen LogP contribution in [0.5, 0.6) is 11.5 Å². The average molecular weight is 523 g/mol. The van der Waals surface area contributed by atoms with Gasteiger partial charge in [-0.15, -0.1) is 0 Å². The van der Waals surface area contributed by atoms with Crippen LogP contribution >= 0.6 is 0 Å². The predicted octanol–water partition coefficient (Wildman–Crippen LogP) is 8.99. The van der Waals surface area contributed by atoms with Crippen LogP contribution in [0.4, 0.5) is 8.78 Å². The fourth-order valence-corrected chi connectivity index (χ4v) is 7.46. The maximum absolute atomic E-state index is 15.5. The van der Waals surface area contributed by atoms with Gasteiger partial charge in [-0.05, 0) is 114 Å². The van der Waals surface area contributed by atoms with Crippen LogP contribution in [0, 0.1) is 40.2 Å². The molecule has 4 aliphatic rings. The molecule has 0 spiro atoms. The van der Waals surface area contributed by atoms with Gasteiger partial charge in [0, 0.05) is 11.5 Å². The summed E-state index contributed by atoms with van der Waals surface area (Å²) in [6.45, 7) is 14.2. The summed E-state index contributed by atoms with van der Waals surface area (Å²) in [7, 11) is 0. The van der Waals surface area contributed by atoms with Crippen molar-refractivity contribution in [3.05, 3.63) is 58.2 Å². The summed E-state index contributed by atoms with van der Waals surface area (Å²) in [6.07, 6.45) is 7.15. The minimum atomic E-state index is -0.264. The molecule has 2 aromatic carbocycles. The third kappa shape index (κ3) is 4.86. The first-order chi connectivity index (χ1) is 17.9. The Kier molecular flexibility index (Phi) is 6.35. The van der Waals surface area contributed by atoms with E-state index in [1.165, 1.54) is 24.0 Å². The summed E-state index contributed by atoms with van der Waals surface area (Å²) in [6, 6.07) is 7.30. The van der Waals surface area contributed by atoms with Crippen molar-refractivity contribution < 1.29 is 18.3 Å². The fourth-order valence-electron chi connectivity index (χ4n) is 7.46. The van der Waals surface area contributed by atoms with Crippen LogP contribution in [-0.4, -0.2) is 12.7 Å². The van der Waals surface area contributed by atoms with Gasteiger partial charge in [-0.2, -0.15) is 0 Å². The molecule has 0 aliphatic heterocycles. The number of hydrogen-bond donors (Lipinski definition) is 0. The van der Waals surface area contributed by atoms with Crippen molar-refractivity contribution in [1.29, 1.82) is 0 Å². The quantitative estimate of drug-likeness (QED) is 0.361. The van der Waals surface area contributed by atoms with Crippen LogP contribution < -0.4 is 9.47 Å². The summed E-state index contributed by atoms with van der Waals surface area (Å²) < 4.78 is 43.5. The molecule has 6 rings (SSSR count). The minimum Gasteiger partial charge on any atom is -0.490 e. The molecule has 0 N–H and O–H groups in total. The minimum absolute atomic E-state index is 0.0498. The van der Waals surface area contributed by atoms with E-state index >= 15 is 8.78 Å². The number of halogens is 2. The molecule has 0 aromatic heterocycles. The Labute approximate surface area is 227 Å². The standard InChI is InChI=1S/C34H44F2O2/c1-33(2,3)26-13-11-21-15-28(36)29(17-23(21)26)38-31(20-9-10-20)25-16-24-22(30(25)34(4,5)6)12-14-27(35)32(24)37-18-19-7-8-19/h12,14-15,17,19-20,25-26,30-31H,7-11,13,16,18H2,1-6H3/t25?,26-,30-,31?/m1/s1. The molecule has 2 aromatic rings. The van der Waals surface area contributed by atoms with Crippen LogP contribution in [-0.2, 0) is 12.8 Å². The third-order valence-corrected chi connectivity index (χ3v) is 9.63. The topological polar surface area (TPSA) is 18.5 Å². The average Bonchev–Trinajstić information content (AvgIpc) is 3.74. The third-order valence-electron chi connectivity index (χ3n) is 9.63. The van der Waals surface area contributed by atoms with E-state index < -0.39 is 0 Å². The Morgan fingerprint density at radius 1 is 0.868 bits per heavy atom. The molecule has 2 saturated carbocycles. The Morgan fingerprint density at radius 2 is 1.61 bits per heavy atom. The zero-order valence-corrected chi connectivity index (χ0v) is 24.0. The number of aryl methyl sites for hydroxylation is 1. The Bertz CT molecular complexity index is 1210. The lowest BCUT2D eigenvalue weighted by Crippen LogP contribution is -2.36. The summed E-state index contributed by atoms with van der Waals surface area (Å²) in [5, 5.41) is 0. The smallest absolute Gasteiger partial charge is 0.165 e. The molecule has 206 valence electrons. The largest absolute Gasteiger partial charge is 0.490 e. The van der Waals surface area contributed by atoms with Crippen LogP contribution in [0.2, 0.25) is 0 Å². The molecule has 2 unspecified atom stereocenters. The van der Waals surface area contributed by atoms with Crippen LogP contribution in [0.1, 0.15) is 108 Å². The van der Waals surface area contributed by atoms with Gasteiger partial charge in [-0.1, -0.05) is 47.6 Å². The first-order valence-corrected chi connectivity index (χ1v) is 14.8. The van der Waals surface area contributed by atoms with E-state index in [1.54, 1.807) is 12.1 Å². The van der Waals surface area contributed by atoms with Gasteiger partial charge < -0.3 is 9.47 Å². The second-order valence-corrected chi connectivity index (χ2v) is 14.8. The van der Waals surface area contributed by atoms with E-state index in [4.69, 9.17) is 9.47 Å². The van der Waals surface area contributed by atoms with Crippen molar-refractivity contribution in [2.24, 2.45) is 28.6 Å². The molecule has 0 radical (unpaired) electrons. The van der Waals surface area contributed by atoms with E-state index in [0.717, 1.165) is 36.8 Å². The van der Waals surface area contributed by atoms with Gasteiger partial charge in [0.2, 0.25) is 0 Å². The summed E-state index contributed by atoms with van der Waals surface area (Å²) in [4.78, 5) is 0. The van der Waals surface area contributed by atoms with Gasteiger partial charge in [0.05, 0.1) is 6.61 Å². The van der Waals surface area contributed by atoms with Gasteiger partial charge in [-0.3, -0.25) is 0 Å².